The van der Waals surface area contributed by atoms with Gasteiger partial charge in [0.05, 0.1) is 6.04 Å². The molecule has 1 heterocycles. The number of aliphatic carboxylic acids is 1. The predicted octanol–water partition coefficient (Wildman–Crippen LogP) is 1.01. The monoisotopic (exact) mass is 492 g/mol. The van der Waals surface area contributed by atoms with E-state index in [4.69, 9.17) is 5.73 Å². The number of benzene rings is 1. The van der Waals surface area contributed by atoms with E-state index in [0.717, 1.165) is 11.3 Å². The maximum Gasteiger partial charge on any atom is 0.326 e. The molecule has 4 atom stereocenters. The van der Waals surface area contributed by atoms with E-state index in [1.165, 1.54) is 4.90 Å². The molecule has 188 valence electrons. The number of thioether (sulfide) groups is 1. The van der Waals surface area contributed by atoms with E-state index in [0.29, 0.717) is 25.8 Å². The highest BCUT2D eigenvalue weighted by Gasteiger charge is 2.38. The molecule has 0 spiro atoms. The lowest BCUT2D eigenvalue weighted by molar-refractivity contribution is -0.149. The van der Waals surface area contributed by atoms with Crippen LogP contribution in [0.25, 0.3) is 0 Å². The van der Waals surface area contributed by atoms with Crippen LogP contribution in [0.3, 0.4) is 0 Å². The number of rotatable bonds is 12. The van der Waals surface area contributed by atoms with Crippen LogP contribution in [0.4, 0.5) is 0 Å². The topological polar surface area (TPSA) is 142 Å². The van der Waals surface area contributed by atoms with Gasteiger partial charge in [-0.1, -0.05) is 44.2 Å². The Labute approximate surface area is 205 Å². The molecule has 4 unspecified atom stereocenters. The predicted molar refractivity (Wildman–Crippen MR) is 132 cm³/mol. The molecule has 0 bridgehead atoms. The van der Waals surface area contributed by atoms with Crippen LogP contribution in [0.15, 0.2) is 30.3 Å². The normalized spacial score (nSPS) is 18.3. The second kappa shape index (κ2) is 13.3. The number of carboxylic acid groups (broad SMARTS) is 1. The minimum Gasteiger partial charge on any atom is -0.480 e. The molecular weight excluding hydrogens is 456 g/mol. The van der Waals surface area contributed by atoms with Gasteiger partial charge in [-0.2, -0.15) is 11.8 Å². The molecule has 10 heteroatoms. The number of hydrogen-bond acceptors (Lipinski definition) is 6. The van der Waals surface area contributed by atoms with Gasteiger partial charge in [-0.3, -0.25) is 14.4 Å². The smallest absolute Gasteiger partial charge is 0.326 e. The summed E-state index contributed by atoms with van der Waals surface area (Å²) >= 11 is 1.58. The average molecular weight is 493 g/mol. The summed E-state index contributed by atoms with van der Waals surface area (Å²) in [5.41, 5.74) is 6.79. The Morgan fingerprint density at radius 1 is 1.15 bits per heavy atom. The van der Waals surface area contributed by atoms with E-state index in [2.05, 4.69) is 10.6 Å². The Morgan fingerprint density at radius 3 is 2.41 bits per heavy atom. The third-order valence-corrected chi connectivity index (χ3v) is 6.58. The van der Waals surface area contributed by atoms with Gasteiger partial charge >= 0.3 is 5.97 Å². The van der Waals surface area contributed by atoms with Crippen molar-refractivity contribution >= 4 is 35.5 Å². The molecule has 1 aliphatic rings. The summed E-state index contributed by atoms with van der Waals surface area (Å²) in [5.74, 6) is -1.93. The van der Waals surface area contributed by atoms with Crippen LogP contribution in [0.2, 0.25) is 0 Å². The van der Waals surface area contributed by atoms with Gasteiger partial charge in [0.2, 0.25) is 17.7 Å². The van der Waals surface area contributed by atoms with Crippen molar-refractivity contribution in [3.8, 4) is 0 Å². The molecule has 5 N–H and O–H groups in total. The van der Waals surface area contributed by atoms with Gasteiger partial charge in [0.25, 0.3) is 0 Å². The van der Waals surface area contributed by atoms with Gasteiger partial charge < -0.3 is 26.4 Å². The van der Waals surface area contributed by atoms with Crippen LogP contribution < -0.4 is 16.4 Å². The molecule has 1 aliphatic heterocycles. The summed E-state index contributed by atoms with van der Waals surface area (Å²) in [6.45, 7) is 3.92. The molecule has 1 fully saturated rings. The summed E-state index contributed by atoms with van der Waals surface area (Å²) in [5, 5.41) is 15.0. The maximum atomic E-state index is 13.4. The van der Waals surface area contributed by atoms with Crippen molar-refractivity contribution in [2.45, 2.75) is 63.7 Å². The van der Waals surface area contributed by atoms with Gasteiger partial charge in [0.1, 0.15) is 18.1 Å². The highest BCUT2D eigenvalue weighted by molar-refractivity contribution is 7.98. The second-order valence-electron chi connectivity index (χ2n) is 8.90. The quantitative estimate of drug-likeness (QED) is 0.341. The van der Waals surface area contributed by atoms with E-state index in [1.54, 1.807) is 25.6 Å². The average Bonchev–Trinajstić information content (AvgIpc) is 3.30. The fourth-order valence-corrected chi connectivity index (χ4v) is 4.46. The lowest BCUT2D eigenvalue weighted by Gasteiger charge is -2.30. The van der Waals surface area contributed by atoms with Crippen LogP contribution in [-0.4, -0.2) is 76.4 Å². The third kappa shape index (κ3) is 7.73. The van der Waals surface area contributed by atoms with Gasteiger partial charge in [-0.25, -0.2) is 4.79 Å². The van der Waals surface area contributed by atoms with Gasteiger partial charge in [0, 0.05) is 13.0 Å². The zero-order valence-corrected chi connectivity index (χ0v) is 20.8. The first-order valence-corrected chi connectivity index (χ1v) is 13.0. The number of amides is 3. The molecule has 0 aromatic heterocycles. The van der Waals surface area contributed by atoms with Crippen molar-refractivity contribution < 1.29 is 24.3 Å². The van der Waals surface area contributed by atoms with Crippen molar-refractivity contribution in [1.82, 2.24) is 15.5 Å². The molecule has 34 heavy (non-hydrogen) atoms. The molecule has 1 aromatic rings. The number of nitrogens with two attached hydrogens (primary N) is 1. The molecule has 0 radical (unpaired) electrons. The van der Waals surface area contributed by atoms with E-state index < -0.39 is 47.9 Å². The minimum atomic E-state index is -1.05. The Hall–Kier alpha value is -2.59. The molecule has 1 saturated heterocycles. The minimum absolute atomic E-state index is 0.209. The molecule has 3 amide bonds. The Kier molecular flexibility index (Phi) is 10.8. The van der Waals surface area contributed by atoms with Gasteiger partial charge in [-0.15, -0.1) is 0 Å². The first-order valence-electron chi connectivity index (χ1n) is 11.6. The van der Waals surface area contributed by atoms with Crippen molar-refractivity contribution in [3.63, 3.8) is 0 Å². The molecule has 0 saturated carbocycles. The molecule has 2 rings (SSSR count). The van der Waals surface area contributed by atoms with Crippen LogP contribution in [0, 0.1) is 5.92 Å². The van der Waals surface area contributed by atoms with Crippen molar-refractivity contribution in [2.24, 2.45) is 11.7 Å². The second-order valence-corrected chi connectivity index (χ2v) is 9.88. The molecule has 9 nitrogen and oxygen atoms in total. The summed E-state index contributed by atoms with van der Waals surface area (Å²) in [4.78, 5) is 52.1. The zero-order valence-electron chi connectivity index (χ0n) is 20.0. The lowest BCUT2D eigenvalue weighted by Crippen LogP contribution is -2.59. The lowest BCUT2D eigenvalue weighted by atomic mass is 10.00. The van der Waals surface area contributed by atoms with Crippen LogP contribution in [0.1, 0.15) is 38.7 Å². The number of nitrogens with one attached hydrogen (secondary N) is 2. The standard InChI is InChI=1S/C24H36N4O5S/c1-15(2)20(27-21(29)17(25)11-13-34-3)22(30)26-18(14-16-8-5-4-6-9-16)23(31)28-12-7-10-19(28)24(32)33/h4-6,8-9,15,17-20H,7,10-14,25H2,1-3H3,(H,26,30)(H,27,29)(H,32,33). The molecule has 0 aliphatic carbocycles. The summed E-state index contributed by atoms with van der Waals surface area (Å²) in [6, 6.07) is 5.73. The zero-order chi connectivity index (χ0) is 25.3. The molecule has 1 aromatic carbocycles. The number of nitrogens with zero attached hydrogens (tertiary/aromatic N) is 1. The number of hydrogen-bond donors (Lipinski definition) is 4. The van der Waals surface area contributed by atoms with Crippen molar-refractivity contribution in [2.75, 3.05) is 18.6 Å². The van der Waals surface area contributed by atoms with Gasteiger partial charge in [0.15, 0.2) is 0 Å². The molecular formula is C24H36N4O5S. The summed E-state index contributed by atoms with van der Waals surface area (Å²) < 4.78 is 0. The summed E-state index contributed by atoms with van der Waals surface area (Å²) in [7, 11) is 0. The fraction of sp³-hybridized carbons (Fsp3) is 0.583. The van der Waals surface area contributed by atoms with E-state index in [9.17, 15) is 24.3 Å². The summed E-state index contributed by atoms with van der Waals surface area (Å²) in [6.07, 6.45) is 3.59. The number of carboxylic acids is 1. The van der Waals surface area contributed by atoms with Crippen LogP contribution in [-0.2, 0) is 25.6 Å². The Bertz CT molecular complexity index is 851. The number of carbonyl (C=O) groups is 4. The SMILES string of the molecule is CSCCC(N)C(=O)NC(C(=O)NC(Cc1ccccc1)C(=O)N1CCCC1C(=O)O)C(C)C. The number of likely N-dealkylation sites (tertiary alicyclic amines) is 1. The van der Waals surface area contributed by atoms with Crippen LogP contribution in [0.5, 0.6) is 0 Å². The van der Waals surface area contributed by atoms with E-state index in [1.807, 2.05) is 36.6 Å². The highest BCUT2D eigenvalue weighted by atomic mass is 32.2. The Morgan fingerprint density at radius 2 is 1.82 bits per heavy atom. The van der Waals surface area contributed by atoms with Crippen LogP contribution >= 0.6 is 11.8 Å². The highest BCUT2D eigenvalue weighted by Crippen LogP contribution is 2.20. The van der Waals surface area contributed by atoms with E-state index in [-0.39, 0.29) is 12.3 Å². The first-order chi connectivity index (χ1) is 16.1. The largest absolute Gasteiger partial charge is 0.480 e. The van der Waals surface area contributed by atoms with E-state index >= 15 is 0 Å². The fourth-order valence-electron chi connectivity index (χ4n) is 3.97. The van der Waals surface area contributed by atoms with Gasteiger partial charge in [-0.05, 0) is 42.8 Å². The maximum absolute atomic E-state index is 13.4. The van der Waals surface area contributed by atoms with Crippen molar-refractivity contribution in [1.29, 1.82) is 0 Å². The Balaban J connectivity index is 2.20. The van der Waals surface area contributed by atoms with Crippen molar-refractivity contribution in [3.05, 3.63) is 35.9 Å². The first kappa shape index (κ1) is 27.7. The third-order valence-electron chi connectivity index (χ3n) is 5.93. The number of carbonyl (C=O) groups excluding carboxylic acids is 3.